The van der Waals surface area contributed by atoms with Gasteiger partial charge in [-0.25, -0.2) is 0 Å². The maximum atomic E-state index is 11.0. The Morgan fingerprint density at radius 1 is 1.15 bits per heavy atom. The highest BCUT2D eigenvalue weighted by Crippen LogP contribution is 1.98. The summed E-state index contributed by atoms with van der Waals surface area (Å²) in [5.41, 5.74) is 0. The van der Waals surface area contributed by atoms with Crippen molar-refractivity contribution >= 4 is 11.8 Å². The van der Waals surface area contributed by atoms with Crippen molar-refractivity contribution in [3.8, 4) is 0 Å². The Morgan fingerprint density at radius 3 is 1.92 bits per heavy atom. The molecule has 0 bridgehead atoms. The lowest BCUT2D eigenvalue weighted by atomic mass is 10.3. The Morgan fingerprint density at radius 2 is 1.62 bits per heavy atom. The summed E-state index contributed by atoms with van der Waals surface area (Å²) in [6.07, 6.45) is 0. The van der Waals surface area contributed by atoms with Crippen LogP contribution in [-0.2, 0) is 9.59 Å². The lowest BCUT2D eigenvalue weighted by Crippen LogP contribution is -2.42. The molecule has 2 amide bonds. The molecule has 0 radical (unpaired) electrons. The van der Waals surface area contributed by atoms with Crippen molar-refractivity contribution in [1.29, 1.82) is 0 Å². The molecule has 0 unspecified atom stereocenters. The number of rotatable bonds is 3. The predicted molar refractivity (Wildman–Crippen MR) is 51.2 cm³/mol. The van der Waals surface area contributed by atoms with E-state index in [1.54, 1.807) is 23.9 Å². The van der Waals surface area contributed by atoms with E-state index >= 15 is 0 Å². The molecule has 0 aromatic heterocycles. The van der Waals surface area contributed by atoms with E-state index in [9.17, 15) is 9.59 Å². The van der Waals surface area contributed by atoms with Crippen LogP contribution in [0.15, 0.2) is 0 Å². The SMILES string of the molecule is CC(=O)N(C)C[C@H](C)N(C)C(C)=O. The van der Waals surface area contributed by atoms with Crippen LogP contribution in [-0.4, -0.2) is 48.3 Å². The van der Waals surface area contributed by atoms with E-state index in [-0.39, 0.29) is 17.9 Å². The molecule has 0 saturated carbocycles. The van der Waals surface area contributed by atoms with Crippen LogP contribution in [0.2, 0.25) is 0 Å². The van der Waals surface area contributed by atoms with Crippen LogP contribution in [0.3, 0.4) is 0 Å². The molecule has 0 aliphatic carbocycles. The van der Waals surface area contributed by atoms with Gasteiger partial charge in [-0.3, -0.25) is 9.59 Å². The van der Waals surface area contributed by atoms with Gasteiger partial charge in [0.05, 0.1) is 0 Å². The van der Waals surface area contributed by atoms with Gasteiger partial charge in [-0.05, 0) is 6.92 Å². The smallest absolute Gasteiger partial charge is 0.219 e. The summed E-state index contributed by atoms with van der Waals surface area (Å²) in [7, 11) is 3.47. The molecule has 4 nitrogen and oxygen atoms in total. The number of likely N-dealkylation sites (N-methyl/N-ethyl adjacent to an activating group) is 2. The van der Waals surface area contributed by atoms with Crippen molar-refractivity contribution < 1.29 is 9.59 Å². The van der Waals surface area contributed by atoms with Gasteiger partial charge in [0.1, 0.15) is 0 Å². The van der Waals surface area contributed by atoms with Gasteiger partial charge in [-0.15, -0.1) is 0 Å². The van der Waals surface area contributed by atoms with E-state index in [2.05, 4.69) is 0 Å². The molecular formula is C9H18N2O2. The molecule has 0 saturated heterocycles. The van der Waals surface area contributed by atoms with E-state index < -0.39 is 0 Å². The molecule has 0 fully saturated rings. The fourth-order valence-electron chi connectivity index (χ4n) is 0.958. The standard InChI is InChI=1S/C9H18N2O2/c1-7(11(5)9(3)13)6-10(4)8(2)12/h7H,6H2,1-5H3/t7-/m0/s1. The highest BCUT2D eigenvalue weighted by atomic mass is 16.2. The van der Waals surface area contributed by atoms with Crippen molar-refractivity contribution in [3.05, 3.63) is 0 Å². The number of amides is 2. The summed E-state index contributed by atoms with van der Waals surface area (Å²) >= 11 is 0. The monoisotopic (exact) mass is 186 g/mol. The van der Waals surface area contributed by atoms with Gasteiger partial charge >= 0.3 is 0 Å². The van der Waals surface area contributed by atoms with Crippen LogP contribution in [0.25, 0.3) is 0 Å². The van der Waals surface area contributed by atoms with Gasteiger partial charge in [-0.1, -0.05) is 0 Å². The van der Waals surface area contributed by atoms with Crippen molar-refractivity contribution in [2.24, 2.45) is 0 Å². The Kier molecular flexibility index (Phi) is 4.45. The fourth-order valence-corrected chi connectivity index (χ4v) is 0.958. The van der Waals surface area contributed by atoms with Gasteiger partial charge < -0.3 is 9.80 Å². The summed E-state index contributed by atoms with van der Waals surface area (Å²) in [5.74, 6) is 0.0354. The van der Waals surface area contributed by atoms with Crippen LogP contribution >= 0.6 is 0 Å². The number of carbonyl (C=O) groups excluding carboxylic acids is 2. The molecule has 0 aromatic rings. The van der Waals surface area contributed by atoms with Crippen molar-refractivity contribution in [2.75, 3.05) is 20.6 Å². The van der Waals surface area contributed by atoms with E-state index in [1.807, 2.05) is 6.92 Å². The molecule has 0 rings (SSSR count). The summed E-state index contributed by atoms with van der Waals surface area (Å²) in [6, 6.07) is 0.0615. The average Bonchev–Trinajstić information content (AvgIpc) is 2.02. The van der Waals surface area contributed by atoms with Crippen molar-refractivity contribution in [1.82, 2.24) is 9.80 Å². The van der Waals surface area contributed by atoms with E-state index in [1.165, 1.54) is 13.8 Å². The van der Waals surface area contributed by atoms with E-state index in [4.69, 9.17) is 0 Å². The third-order valence-electron chi connectivity index (χ3n) is 2.23. The second kappa shape index (κ2) is 4.84. The Balaban J connectivity index is 4.06. The van der Waals surface area contributed by atoms with Gasteiger partial charge in [-0.2, -0.15) is 0 Å². The van der Waals surface area contributed by atoms with Gasteiger partial charge in [0, 0.05) is 40.5 Å². The van der Waals surface area contributed by atoms with Crippen LogP contribution in [0.5, 0.6) is 0 Å². The maximum absolute atomic E-state index is 11.0. The minimum atomic E-state index is 0.0174. The lowest BCUT2D eigenvalue weighted by molar-refractivity contribution is -0.133. The first kappa shape index (κ1) is 11.9. The molecule has 76 valence electrons. The first-order valence-corrected chi connectivity index (χ1v) is 4.31. The number of hydrogen-bond acceptors (Lipinski definition) is 2. The van der Waals surface area contributed by atoms with Gasteiger partial charge in [0.25, 0.3) is 0 Å². The summed E-state index contributed by atoms with van der Waals surface area (Å²) in [4.78, 5) is 25.1. The van der Waals surface area contributed by atoms with Crippen LogP contribution in [0, 0.1) is 0 Å². The largest absolute Gasteiger partial charge is 0.344 e. The molecule has 0 spiro atoms. The molecule has 0 aromatic carbocycles. The van der Waals surface area contributed by atoms with Crippen LogP contribution in [0.1, 0.15) is 20.8 Å². The third kappa shape index (κ3) is 3.92. The second-order valence-corrected chi connectivity index (χ2v) is 3.38. The fraction of sp³-hybridized carbons (Fsp3) is 0.778. The quantitative estimate of drug-likeness (QED) is 0.637. The zero-order valence-electron chi connectivity index (χ0n) is 9.00. The Hall–Kier alpha value is -1.06. The number of nitrogens with zero attached hydrogens (tertiary/aromatic N) is 2. The van der Waals surface area contributed by atoms with Crippen molar-refractivity contribution in [3.63, 3.8) is 0 Å². The number of carbonyl (C=O) groups is 2. The Bertz CT molecular complexity index is 204. The molecule has 0 N–H and O–H groups in total. The molecule has 4 heteroatoms. The third-order valence-corrected chi connectivity index (χ3v) is 2.23. The maximum Gasteiger partial charge on any atom is 0.219 e. The summed E-state index contributed by atoms with van der Waals surface area (Å²) in [5, 5.41) is 0. The summed E-state index contributed by atoms with van der Waals surface area (Å²) < 4.78 is 0. The Labute approximate surface area is 79.5 Å². The van der Waals surface area contributed by atoms with Gasteiger partial charge in [0.2, 0.25) is 11.8 Å². The molecule has 13 heavy (non-hydrogen) atoms. The minimum Gasteiger partial charge on any atom is -0.344 e. The second-order valence-electron chi connectivity index (χ2n) is 3.38. The first-order valence-electron chi connectivity index (χ1n) is 4.31. The molecule has 0 heterocycles. The zero-order chi connectivity index (χ0) is 10.6. The van der Waals surface area contributed by atoms with Crippen LogP contribution < -0.4 is 0 Å². The predicted octanol–water partition coefficient (Wildman–Crippen LogP) is 0.331. The zero-order valence-corrected chi connectivity index (χ0v) is 9.00. The first-order chi connectivity index (χ1) is 5.86. The molecule has 0 aliphatic heterocycles. The van der Waals surface area contributed by atoms with Gasteiger partial charge in [0.15, 0.2) is 0 Å². The lowest BCUT2D eigenvalue weighted by Gasteiger charge is -2.27. The van der Waals surface area contributed by atoms with E-state index in [0.717, 1.165) is 0 Å². The van der Waals surface area contributed by atoms with E-state index in [0.29, 0.717) is 6.54 Å². The number of hydrogen-bond donors (Lipinski definition) is 0. The highest BCUT2D eigenvalue weighted by molar-refractivity contribution is 5.74. The normalized spacial score (nSPS) is 12.1. The minimum absolute atomic E-state index is 0.0174. The highest BCUT2D eigenvalue weighted by Gasteiger charge is 2.14. The average molecular weight is 186 g/mol. The summed E-state index contributed by atoms with van der Waals surface area (Å²) in [6.45, 7) is 5.52. The topological polar surface area (TPSA) is 40.6 Å². The molecule has 1 atom stereocenters. The molecular weight excluding hydrogens is 168 g/mol. The van der Waals surface area contributed by atoms with Crippen LogP contribution in [0.4, 0.5) is 0 Å². The molecule has 0 aliphatic rings. The van der Waals surface area contributed by atoms with Crippen molar-refractivity contribution in [2.45, 2.75) is 26.8 Å².